The molecular formula is C43H30FNO. The fourth-order valence-corrected chi connectivity index (χ4v) is 6.74. The van der Waals surface area contributed by atoms with Gasteiger partial charge < -0.3 is 9.64 Å². The van der Waals surface area contributed by atoms with Crippen molar-refractivity contribution in [2.45, 2.75) is 0 Å². The number of methoxy groups -OCH3 is 1. The Bertz CT molecular complexity index is 2300. The zero-order valence-electron chi connectivity index (χ0n) is 25.3. The minimum atomic E-state index is -0.281. The van der Waals surface area contributed by atoms with Crippen molar-refractivity contribution in [1.82, 2.24) is 0 Å². The zero-order valence-corrected chi connectivity index (χ0v) is 25.3. The van der Waals surface area contributed by atoms with Crippen LogP contribution in [0.25, 0.3) is 54.6 Å². The fraction of sp³-hybridized carbons (Fsp3) is 0.0233. The van der Waals surface area contributed by atoms with Gasteiger partial charge in [0.25, 0.3) is 0 Å². The summed E-state index contributed by atoms with van der Waals surface area (Å²) in [5, 5.41) is 7.32. The quantitative estimate of drug-likeness (QED) is 0.177. The van der Waals surface area contributed by atoms with Gasteiger partial charge in [0.15, 0.2) is 0 Å². The van der Waals surface area contributed by atoms with E-state index in [1.807, 2.05) is 30.3 Å². The van der Waals surface area contributed by atoms with E-state index in [1.165, 1.54) is 55.1 Å². The van der Waals surface area contributed by atoms with E-state index in [0.29, 0.717) is 0 Å². The molecule has 0 aliphatic rings. The van der Waals surface area contributed by atoms with E-state index in [2.05, 4.69) is 120 Å². The Morgan fingerprint density at radius 1 is 0.457 bits per heavy atom. The molecule has 0 spiro atoms. The van der Waals surface area contributed by atoms with Gasteiger partial charge in [-0.15, -0.1) is 0 Å². The minimum absolute atomic E-state index is 0.281. The monoisotopic (exact) mass is 595 g/mol. The molecule has 0 aliphatic carbocycles. The van der Waals surface area contributed by atoms with Crippen LogP contribution in [0.5, 0.6) is 5.75 Å². The maximum absolute atomic E-state index is 14.5. The molecule has 0 atom stereocenters. The minimum Gasteiger partial charge on any atom is -0.497 e. The lowest BCUT2D eigenvalue weighted by molar-refractivity contribution is 0.415. The average molecular weight is 596 g/mol. The summed E-state index contributed by atoms with van der Waals surface area (Å²) >= 11 is 0. The van der Waals surface area contributed by atoms with E-state index in [1.54, 1.807) is 19.2 Å². The van der Waals surface area contributed by atoms with Gasteiger partial charge in [-0.05, 0) is 109 Å². The van der Waals surface area contributed by atoms with Crippen molar-refractivity contribution in [3.8, 4) is 28.0 Å². The van der Waals surface area contributed by atoms with Gasteiger partial charge in [0.05, 0.1) is 7.11 Å². The Morgan fingerprint density at radius 2 is 0.978 bits per heavy atom. The number of nitrogens with zero attached hydrogens (tertiary/aromatic N) is 1. The van der Waals surface area contributed by atoms with E-state index >= 15 is 0 Å². The molecule has 0 saturated heterocycles. The van der Waals surface area contributed by atoms with Crippen molar-refractivity contribution in [3.63, 3.8) is 0 Å². The average Bonchev–Trinajstić information content (AvgIpc) is 3.11. The van der Waals surface area contributed by atoms with Crippen LogP contribution < -0.4 is 9.64 Å². The van der Waals surface area contributed by atoms with E-state index < -0.39 is 0 Å². The third-order valence-corrected chi connectivity index (χ3v) is 8.80. The summed E-state index contributed by atoms with van der Waals surface area (Å²) in [6, 6.07) is 55.7. The first-order valence-corrected chi connectivity index (χ1v) is 15.4. The largest absolute Gasteiger partial charge is 0.497 e. The highest BCUT2D eigenvalue weighted by Gasteiger charge is 2.19. The van der Waals surface area contributed by atoms with Crippen molar-refractivity contribution >= 4 is 49.4 Å². The van der Waals surface area contributed by atoms with E-state index in [9.17, 15) is 4.39 Å². The second-order valence-electron chi connectivity index (χ2n) is 11.4. The second kappa shape index (κ2) is 11.5. The topological polar surface area (TPSA) is 12.5 Å². The van der Waals surface area contributed by atoms with Crippen molar-refractivity contribution < 1.29 is 9.13 Å². The van der Waals surface area contributed by atoms with Crippen molar-refractivity contribution in [3.05, 3.63) is 170 Å². The van der Waals surface area contributed by atoms with Crippen molar-refractivity contribution in [1.29, 1.82) is 0 Å². The smallest absolute Gasteiger partial charge is 0.125 e. The van der Waals surface area contributed by atoms with Gasteiger partial charge in [0.1, 0.15) is 11.6 Å². The van der Waals surface area contributed by atoms with Crippen LogP contribution in [0, 0.1) is 5.82 Å². The number of fused-ring (bicyclic) bond motifs is 3. The number of halogens is 1. The highest BCUT2D eigenvalue weighted by Crippen LogP contribution is 2.46. The predicted octanol–water partition coefficient (Wildman–Crippen LogP) is 12.1. The van der Waals surface area contributed by atoms with Crippen LogP contribution in [0.4, 0.5) is 21.5 Å². The highest BCUT2D eigenvalue weighted by molar-refractivity contribution is 6.23. The van der Waals surface area contributed by atoms with Crippen LogP contribution in [0.15, 0.2) is 164 Å². The Morgan fingerprint density at radius 3 is 1.59 bits per heavy atom. The third-order valence-electron chi connectivity index (χ3n) is 8.80. The first-order chi connectivity index (χ1) is 22.7. The van der Waals surface area contributed by atoms with Crippen LogP contribution in [0.3, 0.4) is 0 Å². The lowest BCUT2D eigenvalue weighted by Gasteiger charge is -2.26. The van der Waals surface area contributed by atoms with Crippen LogP contribution in [0.2, 0.25) is 0 Å². The summed E-state index contributed by atoms with van der Waals surface area (Å²) in [4.78, 5) is 2.06. The molecule has 3 heteroatoms. The number of hydrogen-bond donors (Lipinski definition) is 0. The molecule has 8 aromatic rings. The van der Waals surface area contributed by atoms with Crippen LogP contribution >= 0.6 is 0 Å². The SMILES string of the molecule is COc1ccc(N(c2ccc(-c3c4ccccc4c(-c4cccc5ccccc45)c4ccccc34)cc2)c2cccc(F)c2)cc1. The zero-order chi connectivity index (χ0) is 31.0. The molecule has 0 heterocycles. The molecule has 0 aromatic heterocycles. The number of rotatable bonds is 6. The van der Waals surface area contributed by atoms with E-state index in [4.69, 9.17) is 4.74 Å². The van der Waals surface area contributed by atoms with Gasteiger partial charge in [0, 0.05) is 17.1 Å². The van der Waals surface area contributed by atoms with Crippen LogP contribution in [0.1, 0.15) is 0 Å². The first kappa shape index (κ1) is 27.6. The Hall–Kier alpha value is -5.93. The molecule has 0 fully saturated rings. The van der Waals surface area contributed by atoms with Gasteiger partial charge in [-0.25, -0.2) is 4.39 Å². The highest BCUT2D eigenvalue weighted by atomic mass is 19.1. The lowest BCUT2D eigenvalue weighted by atomic mass is 9.85. The standard InChI is InChI=1S/C43H30FNO/c1-46-35-26-24-33(25-27-35)45(34-13-9-12-31(44)28-34)32-22-20-30(21-23-32)42-38-15-4-6-17-40(38)43(41-18-7-5-16-39(41)42)37-19-8-11-29-10-2-3-14-36(29)37/h2-28H,1H3. The van der Waals surface area contributed by atoms with Gasteiger partial charge in [-0.2, -0.15) is 0 Å². The summed E-state index contributed by atoms with van der Waals surface area (Å²) in [6.45, 7) is 0. The molecule has 0 radical (unpaired) electrons. The Labute approximate surface area is 267 Å². The molecule has 0 amide bonds. The summed E-state index contributed by atoms with van der Waals surface area (Å²) in [5.41, 5.74) is 7.39. The summed E-state index contributed by atoms with van der Waals surface area (Å²) in [6.07, 6.45) is 0. The molecule has 0 aliphatic heterocycles. The number of ether oxygens (including phenoxy) is 1. The normalized spacial score (nSPS) is 11.3. The maximum Gasteiger partial charge on any atom is 0.125 e. The van der Waals surface area contributed by atoms with Gasteiger partial charge in [-0.3, -0.25) is 0 Å². The first-order valence-electron chi connectivity index (χ1n) is 15.4. The number of anilines is 3. The molecule has 0 unspecified atom stereocenters. The Kier molecular flexibility index (Phi) is 6.92. The molecule has 0 saturated carbocycles. The molecule has 2 nitrogen and oxygen atoms in total. The third kappa shape index (κ3) is 4.74. The number of hydrogen-bond acceptors (Lipinski definition) is 2. The van der Waals surface area contributed by atoms with Gasteiger partial charge >= 0.3 is 0 Å². The summed E-state index contributed by atoms with van der Waals surface area (Å²) < 4.78 is 19.8. The molecule has 220 valence electrons. The molecule has 0 bridgehead atoms. The van der Waals surface area contributed by atoms with Crippen molar-refractivity contribution in [2.75, 3.05) is 12.0 Å². The van der Waals surface area contributed by atoms with Crippen molar-refractivity contribution in [2.24, 2.45) is 0 Å². The van der Waals surface area contributed by atoms with E-state index in [0.717, 1.165) is 28.4 Å². The second-order valence-corrected chi connectivity index (χ2v) is 11.4. The fourth-order valence-electron chi connectivity index (χ4n) is 6.74. The Balaban J connectivity index is 1.32. The predicted molar refractivity (Wildman–Crippen MR) is 191 cm³/mol. The van der Waals surface area contributed by atoms with Gasteiger partial charge in [0.2, 0.25) is 0 Å². The van der Waals surface area contributed by atoms with Gasteiger partial charge in [-0.1, -0.05) is 109 Å². The molecule has 8 aromatic carbocycles. The summed E-state index contributed by atoms with van der Waals surface area (Å²) in [5.74, 6) is 0.487. The number of benzene rings is 8. The molecule has 8 rings (SSSR count). The molecular weight excluding hydrogens is 565 g/mol. The molecule has 0 N–H and O–H groups in total. The van der Waals surface area contributed by atoms with E-state index in [-0.39, 0.29) is 5.82 Å². The summed E-state index contributed by atoms with van der Waals surface area (Å²) in [7, 11) is 1.65. The molecule has 46 heavy (non-hydrogen) atoms. The lowest BCUT2D eigenvalue weighted by Crippen LogP contribution is -2.10. The van der Waals surface area contributed by atoms with Crippen LogP contribution in [-0.2, 0) is 0 Å². The van der Waals surface area contributed by atoms with Crippen LogP contribution in [-0.4, -0.2) is 7.11 Å². The maximum atomic E-state index is 14.5.